The molecule has 2 atom stereocenters. The monoisotopic (exact) mass is 227 g/mol. The Bertz CT molecular complexity index is 54.5. The third-order valence-corrected chi connectivity index (χ3v) is 2.52. The second kappa shape index (κ2) is 4.56. The molecular formula is C6H14IN. The third kappa shape index (κ3) is 3.66. The van der Waals surface area contributed by atoms with Gasteiger partial charge in [0.2, 0.25) is 0 Å². The van der Waals surface area contributed by atoms with Gasteiger partial charge >= 0.3 is 0 Å². The Morgan fingerprint density at radius 3 is 2.25 bits per heavy atom. The van der Waals surface area contributed by atoms with Gasteiger partial charge in [0.05, 0.1) is 4.05 Å². The number of hydrogen-bond acceptors (Lipinski definition) is 1. The van der Waals surface area contributed by atoms with Gasteiger partial charge in [0.25, 0.3) is 0 Å². The van der Waals surface area contributed by atoms with Crippen LogP contribution in [0.5, 0.6) is 0 Å². The van der Waals surface area contributed by atoms with Crippen LogP contribution in [0.1, 0.15) is 26.7 Å². The predicted molar refractivity (Wildman–Crippen MR) is 46.1 cm³/mol. The zero-order valence-electron chi connectivity index (χ0n) is 5.52. The lowest BCUT2D eigenvalue weighted by Crippen LogP contribution is -2.20. The summed E-state index contributed by atoms with van der Waals surface area (Å²) in [5.41, 5.74) is 5.61. The average molecular weight is 227 g/mol. The molecule has 0 fully saturated rings. The van der Waals surface area contributed by atoms with Crippen molar-refractivity contribution in [3.63, 3.8) is 0 Å². The minimum absolute atomic E-state index is 0.340. The Balaban J connectivity index is 3.17. The van der Waals surface area contributed by atoms with Crippen molar-refractivity contribution in [3.8, 4) is 0 Å². The van der Waals surface area contributed by atoms with Crippen molar-refractivity contribution in [1.29, 1.82) is 0 Å². The van der Waals surface area contributed by atoms with Crippen LogP contribution in [0.2, 0.25) is 0 Å². The maximum atomic E-state index is 5.61. The highest BCUT2D eigenvalue weighted by Crippen LogP contribution is 2.12. The Hall–Kier alpha value is 0.690. The maximum absolute atomic E-state index is 5.61. The first-order chi connectivity index (χ1) is 3.68. The molecule has 8 heavy (non-hydrogen) atoms. The fraction of sp³-hybridized carbons (Fsp3) is 1.00. The van der Waals surface area contributed by atoms with E-state index in [4.69, 9.17) is 5.73 Å². The molecule has 0 saturated heterocycles. The molecule has 50 valence electrons. The van der Waals surface area contributed by atoms with E-state index < -0.39 is 0 Å². The van der Waals surface area contributed by atoms with E-state index in [2.05, 4.69) is 36.4 Å². The lowest BCUT2D eigenvalue weighted by atomic mass is 10.1. The molecule has 2 heteroatoms. The number of alkyl halides is 1. The van der Waals surface area contributed by atoms with Crippen molar-refractivity contribution in [3.05, 3.63) is 0 Å². The van der Waals surface area contributed by atoms with Crippen LogP contribution in [0.4, 0.5) is 0 Å². The molecule has 2 N–H and O–H groups in total. The van der Waals surface area contributed by atoms with Gasteiger partial charge in [-0.1, -0.05) is 42.9 Å². The minimum Gasteiger partial charge on any atom is -0.319 e. The fourth-order valence-electron chi connectivity index (χ4n) is 0.615. The van der Waals surface area contributed by atoms with Crippen LogP contribution in [0.3, 0.4) is 0 Å². The van der Waals surface area contributed by atoms with Crippen molar-refractivity contribution < 1.29 is 0 Å². The van der Waals surface area contributed by atoms with Gasteiger partial charge in [0, 0.05) is 0 Å². The lowest BCUT2D eigenvalue weighted by Gasteiger charge is -2.11. The molecule has 0 aromatic heterocycles. The molecule has 0 aliphatic carbocycles. The SMILES string of the molecule is CCCC(C)C(N)I. The summed E-state index contributed by atoms with van der Waals surface area (Å²) < 4.78 is 0.340. The highest BCUT2D eigenvalue weighted by molar-refractivity contribution is 14.1. The van der Waals surface area contributed by atoms with E-state index in [9.17, 15) is 0 Å². The van der Waals surface area contributed by atoms with Gasteiger partial charge in [-0.25, -0.2) is 0 Å². The first-order valence-electron chi connectivity index (χ1n) is 3.08. The zero-order chi connectivity index (χ0) is 6.57. The molecule has 0 saturated carbocycles. The van der Waals surface area contributed by atoms with Gasteiger partial charge in [0.1, 0.15) is 0 Å². The largest absolute Gasteiger partial charge is 0.319 e. The highest BCUT2D eigenvalue weighted by atomic mass is 127. The van der Waals surface area contributed by atoms with Gasteiger partial charge in [-0.2, -0.15) is 0 Å². The number of rotatable bonds is 3. The second-order valence-electron chi connectivity index (χ2n) is 2.21. The summed E-state index contributed by atoms with van der Waals surface area (Å²) in [6, 6.07) is 0. The summed E-state index contributed by atoms with van der Waals surface area (Å²) in [7, 11) is 0. The molecule has 0 rings (SSSR count). The molecule has 0 aliphatic heterocycles. The van der Waals surface area contributed by atoms with Crippen molar-refractivity contribution in [2.75, 3.05) is 0 Å². The van der Waals surface area contributed by atoms with Crippen molar-refractivity contribution in [2.45, 2.75) is 30.7 Å². The molecule has 0 aromatic rings. The third-order valence-electron chi connectivity index (χ3n) is 1.29. The number of halogens is 1. The lowest BCUT2D eigenvalue weighted by molar-refractivity contribution is 0.522. The van der Waals surface area contributed by atoms with Crippen molar-refractivity contribution in [2.24, 2.45) is 11.7 Å². The normalized spacial score (nSPS) is 18.0. The Morgan fingerprint density at radius 2 is 2.12 bits per heavy atom. The first-order valence-corrected chi connectivity index (χ1v) is 4.32. The van der Waals surface area contributed by atoms with E-state index in [0.29, 0.717) is 9.97 Å². The summed E-state index contributed by atoms with van der Waals surface area (Å²) in [6.45, 7) is 4.39. The predicted octanol–water partition coefficient (Wildman–Crippen LogP) is 2.14. The maximum Gasteiger partial charge on any atom is 0.0594 e. The zero-order valence-corrected chi connectivity index (χ0v) is 7.68. The van der Waals surface area contributed by atoms with Crippen molar-refractivity contribution >= 4 is 22.6 Å². The topological polar surface area (TPSA) is 26.0 Å². The molecule has 0 amide bonds. The molecule has 1 nitrogen and oxygen atoms in total. The van der Waals surface area contributed by atoms with Gasteiger partial charge in [-0.3, -0.25) is 0 Å². The van der Waals surface area contributed by atoms with Crippen molar-refractivity contribution in [1.82, 2.24) is 0 Å². The second-order valence-corrected chi connectivity index (χ2v) is 3.65. The molecule has 0 spiro atoms. The Kier molecular flexibility index (Phi) is 4.95. The first kappa shape index (κ1) is 8.69. The van der Waals surface area contributed by atoms with Crippen LogP contribution in [-0.4, -0.2) is 4.05 Å². The smallest absolute Gasteiger partial charge is 0.0594 e. The van der Waals surface area contributed by atoms with Gasteiger partial charge in [-0.15, -0.1) is 0 Å². The van der Waals surface area contributed by atoms with E-state index in [0.717, 1.165) is 0 Å². The molecule has 0 bridgehead atoms. The van der Waals surface area contributed by atoms with Crippen LogP contribution >= 0.6 is 22.6 Å². The number of nitrogens with two attached hydrogens (primary N) is 1. The Morgan fingerprint density at radius 1 is 1.62 bits per heavy atom. The minimum atomic E-state index is 0.340. The van der Waals surface area contributed by atoms with Crippen LogP contribution in [0, 0.1) is 5.92 Å². The standard InChI is InChI=1S/C6H14IN/c1-3-4-5(2)6(7)8/h5-6H,3-4,8H2,1-2H3. The summed E-state index contributed by atoms with van der Waals surface area (Å²) in [6.07, 6.45) is 2.50. The van der Waals surface area contributed by atoms with E-state index in [1.807, 2.05) is 0 Å². The number of hydrogen-bond donors (Lipinski definition) is 1. The van der Waals surface area contributed by atoms with Crippen LogP contribution in [-0.2, 0) is 0 Å². The molecule has 0 heterocycles. The highest BCUT2D eigenvalue weighted by Gasteiger charge is 2.05. The van der Waals surface area contributed by atoms with E-state index >= 15 is 0 Å². The molecule has 0 radical (unpaired) electrons. The van der Waals surface area contributed by atoms with Crippen LogP contribution < -0.4 is 5.73 Å². The molecule has 0 aliphatic rings. The van der Waals surface area contributed by atoms with Gasteiger partial charge < -0.3 is 5.73 Å². The summed E-state index contributed by atoms with van der Waals surface area (Å²) in [4.78, 5) is 0. The fourth-order valence-corrected chi connectivity index (χ4v) is 0.974. The molecular weight excluding hydrogens is 213 g/mol. The quantitative estimate of drug-likeness (QED) is 0.446. The van der Waals surface area contributed by atoms with E-state index in [1.165, 1.54) is 12.8 Å². The van der Waals surface area contributed by atoms with Gasteiger partial charge in [0.15, 0.2) is 0 Å². The Labute approximate surface area is 65.2 Å². The van der Waals surface area contributed by atoms with E-state index in [-0.39, 0.29) is 0 Å². The van der Waals surface area contributed by atoms with Crippen LogP contribution in [0.15, 0.2) is 0 Å². The summed E-state index contributed by atoms with van der Waals surface area (Å²) >= 11 is 2.27. The average Bonchev–Trinajstić information content (AvgIpc) is 1.67. The van der Waals surface area contributed by atoms with E-state index in [1.54, 1.807) is 0 Å². The summed E-state index contributed by atoms with van der Waals surface area (Å²) in [5, 5.41) is 0. The summed E-state index contributed by atoms with van der Waals surface area (Å²) in [5.74, 6) is 0.681. The molecule has 0 aromatic carbocycles. The van der Waals surface area contributed by atoms with Crippen LogP contribution in [0.25, 0.3) is 0 Å². The van der Waals surface area contributed by atoms with Gasteiger partial charge in [-0.05, 0) is 12.3 Å². The molecule has 2 unspecified atom stereocenters.